The topological polar surface area (TPSA) is 128 Å². The van der Waals surface area contributed by atoms with Gasteiger partial charge in [0.05, 0.1) is 11.1 Å². The number of pyridine rings is 1. The molecule has 3 aromatic rings. The number of carbonyl (C=O) groups excluding carboxylic acids is 1. The van der Waals surface area contributed by atoms with Crippen molar-refractivity contribution >= 4 is 22.1 Å². The first-order valence-electron chi connectivity index (χ1n) is 7.40. The molecule has 1 amide bonds. The average molecular weight is 370 g/mol. The lowest BCUT2D eigenvalue weighted by Gasteiger charge is -2.00. The van der Waals surface area contributed by atoms with Gasteiger partial charge in [-0.1, -0.05) is 0 Å². The smallest absolute Gasteiger partial charge is 0.271 e. The van der Waals surface area contributed by atoms with Crippen LogP contribution < -0.4 is 10.6 Å². The molecular formula is C17H14N4O4S. The Hall–Kier alpha value is -3.30. The predicted octanol–water partition coefficient (Wildman–Crippen LogP) is 1.75. The van der Waals surface area contributed by atoms with Crippen LogP contribution in [0.25, 0.3) is 11.3 Å². The van der Waals surface area contributed by atoms with Crippen LogP contribution in [-0.2, 0) is 10.0 Å². The van der Waals surface area contributed by atoms with E-state index in [1.54, 1.807) is 36.4 Å². The molecule has 0 atom stereocenters. The Morgan fingerprint density at radius 2 is 1.77 bits per heavy atom. The van der Waals surface area contributed by atoms with Crippen LogP contribution in [0.15, 0.2) is 75.3 Å². The van der Waals surface area contributed by atoms with Gasteiger partial charge in [-0.05, 0) is 48.5 Å². The number of rotatable bonds is 5. The molecule has 0 bridgehead atoms. The Bertz CT molecular complexity index is 1040. The zero-order chi connectivity index (χ0) is 18.6. The standard InChI is InChI=1S/C17H14N4O4S/c18-26(23,24)15-4-1-12(2-5-15)16-6-3-14(25-16)11-20-21-17(22)13-7-9-19-10-8-13/h1-11H,(H,21,22)(H2,18,23,24). The van der Waals surface area contributed by atoms with Crippen LogP contribution >= 0.6 is 0 Å². The highest BCUT2D eigenvalue weighted by molar-refractivity contribution is 7.89. The maximum absolute atomic E-state index is 11.8. The number of sulfonamides is 1. The normalized spacial score (nSPS) is 11.6. The number of aromatic nitrogens is 1. The lowest BCUT2D eigenvalue weighted by atomic mass is 10.2. The van der Waals surface area contributed by atoms with Gasteiger partial charge in [-0.15, -0.1) is 0 Å². The fourth-order valence-corrected chi connectivity index (χ4v) is 2.62. The van der Waals surface area contributed by atoms with Crippen molar-refractivity contribution in [2.45, 2.75) is 4.90 Å². The van der Waals surface area contributed by atoms with Gasteiger partial charge in [-0.25, -0.2) is 19.0 Å². The van der Waals surface area contributed by atoms with E-state index in [-0.39, 0.29) is 10.8 Å². The van der Waals surface area contributed by atoms with Gasteiger partial charge in [0.2, 0.25) is 10.0 Å². The van der Waals surface area contributed by atoms with E-state index in [2.05, 4.69) is 15.5 Å². The van der Waals surface area contributed by atoms with Crippen LogP contribution in [0.1, 0.15) is 16.1 Å². The summed E-state index contributed by atoms with van der Waals surface area (Å²) in [4.78, 5) is 15.7. The second-order valence-corrected chi connectivity index (χ2v) is 6.77. The third-order valence-corrected chi connectivity index (χ3v) is 4.32. The number of hydrogen-bond donors (Lipinski definition) is 2. The number of hydrogen-bond acceptors (Lipinski definition) is 6. The molecule has 8 nitrogen and oxygen atoms in total. The maximum Gasteiger partial charge on any atom is 0.271 e. The number of furan rings is 1. The summed E-state index contributed by atoms with van der Waals surface area (Å²) in [6, 6.07) is 12.5. The molecule has 2 heterocycles. The summed E-state index contributed by atoms with van der Waals surface area (Å²) >= 11 is 0. The largest absolute Gasteiger partial charge is 0.455 e. The minimum atomic E-state index is -3.74. The van der Waals surface area contributed by atoms with Gasteiger partial charge in [0, 0.05) is 23.5 Å². The molecule has 0 saturated carbocycles. The van der Waals surface area contributed by atoms with E-state index in [1.807, 2.05) is 0 Å². The van der Waals surface area contributed by atoms with E-state index >= 15 is 0 Å². The number of benzene rings is 1. The first-order valence-corrected chi connectivity index (χ1v) is 8.94. The van der Waals surface area contributed by atoms with Gasteiger partial charge in [-0.2, -0.15) is 5.10 Å². The number of nitrogens with zero attached hydrogens (tertiary/aromatic N) is 2. The summed E-state index contributed by atoms with van der Waals surface area (Å²) in [6.07, 6.45) is 4.39. The SMILES string of the molecule is NS(=O)(=O)c1ccc(-c2ccc(C=NNC(=O)c3ccncc3)o2)cc1. The van der Waals surface area contributed by atoms with Crippen molar-refractivity contribution in [2.24, 2.45) is 10.2 Å². The van der Waals surface area contributed by atoms with Crippen LogP contribution in [0.5, 0.6) is 0 Å². The van der Waals surface area contributed by atoms with Crippen molar-refractivity contribution in [3.8, 4) is 11.3 Å². The maximum atomic E-state index is 11.8. The monoisotopic (exact) mass is 370 g/mol. The Labute approximate surface area is 149 Å². The Kier molecular flexibility index (Phi) is 4.92. The molecule has 0 spiro atoms. The third-order valence-electron chi connectivity index (χ3n) is 3.39. The molecule has 0 unspecified atom stereocenters. The van der Waals surface area contributed by atoms with Gasteiger partial charge >= 0.3 is 0 Å². The molecule has 0 aliphatic rings. The van der Waals surface area contributed by atoms with Crippen LogP contribution in [-0.4, -0.2) is 25.5 Å². The number of hydrazone groups is 1. The summed E-state index contributed by atoms with van der Waals surface area (Å²) in [5, 5.41) is 8.90. The molecule has 1 aromatic carbocycles. The minimum absolute atomic E-state index is 0.0217. The number of primary sulfonamides is 1. The van der Waals surface area contributed by atoms with E-state index in [0.29, 0.717) is 22.6 Å². The van der Waals surface area contributed by atoms with Gasteiger partial charge in [0.1, 0.15) is 11.5 Å². The highest BCUT2D eigenvalue weighted by atomic mass is 32.2. The van der Waals surface area contributed by atoms with E-state index in [0.717, 1.165) is 0 Å². The number of carbonyl (C=O) groups is 1. The zero-order valence-electron chi connectivity index (χ0n) is 13.4. The molecule has 0 saturated heterocycles. The number of nitrogens with one attached hydrogen (secondary N) is 1. The van der Waals surface area contributed by atoms with Crippen molar-refractivity contribution in [1.29, 1.82) is 0 Å². The van der Waals surface area contributed by atoms with Crippen molar-refractivity contribution in [3.63, 3.8) is 0 Å². The Morgan fingerprint density at radius 3 is 2.42 bits per heavy atom. The summed E-state index contributed by atoms with van der Waals surface area (Å²) in [6.45, 7) is 0. The first-order chi connectivity index (χ1) is 12.4. The molecule has 2 aromatic heterocycles. The average Bonchev–Trinajstić information content (AvgIpc) is 3.11. The fourth-order valence-electron chi connectivity index (χ4n) is 2.11. The summed E-state index contributed by atoms with van der Waals surface area (Å²) in [5.74, 6) is 0.576. The van der Waals surface area contributed by atoms with Gasteiger partial charge < -0.3 is 4.42 Å². The quantitative estimate of drug-likeness (QED) is 0.522. The molecule has 3 N–H and O–H groups in total. The predicted molar refractivity (Wildman–Crippen MR) is 94.8 cm³/mol. The molecule has 26 heavy (non-hydrogen) atoms. The van der Waals surface area contributed by atoms with Crippen LogP contribution in [0.2, 0.25) is 0 Å². The van der Waals surface area contributed by atoms with Gasteiger partial charge in [0.25, 0.3) is 5.91 Å². The highest BCUT2D eigenvalue weighted by Crippen LogP contribution is 2.22. The Balaban J connectivity index is 1.67. The molecule has 0 aliphatic carbocycles. The van der Waals surface area contributed by atoms with Crippen LogP contribution in [0.3, 0.4) is 0 Å². The highest BCUT2D eigenvalue weighted by Gasteiger charge is 2.09. The van der Waals surface area contributed by atoms with Crippen LogP contribution in [0.4, 0.5) is 0 Å². The van der Waals surface area contributed by atoms with E-state index in [1.165, 1.54) is 30.7 Å². The zero-order valence-corrected chi connectivity index (χ0v) is 14.2. The summed E-state index contributed by atoms with van der Waals surface area (Å²) in [7, 11) is -3.74. The second kappa shape index (κ2) is 7.30. The molecule has 9 heteroatoms. The van der Waals surface area contributed by atoms with Crippen molar-refractivity contribution in [2.75, 3.05) is 0 Å². The molecule has 0 aliphatic heterocycles. The van der Waals surface area contributed by atoms with Crippen molar-refractivity contribution in [3.05, 3.63) is 72.2 Å². The van der Waals surface area contributed by atoms with Crippen LogP contribution in [0, 0.1) is 0 Å². The lowest BCUT2D eigenvalue weighted by Crippen LogP contribution is -2.17. The molecule has 0 fully saturated rings. The van der Waals surface area contributed by atoms with Crippen molar-refractivity contribution in [1.82, 2.24) is 10.4 Å². The number of nitrogens with two attached hydrogens (primary N) is 1. The fraction of sp³-hybridized carbons (Fsp3) is 0. The molecule has 132 valence electrons. The van der Waals surface area contributed by atoms with Crippen molar-refractivity contribution < 1.29 is 17.6 Å². The summed E-state index contributed by atoms with van der Waals surface area (Å²) in [5.41, 5.74) is 3.50. The lowest BCUT2D eigenvalue weighted by molar-refractivity contribution is 0.0955. The van der Waals surface area contributed by atoms with Gasteiger partial charge in [0.15, 0.2) is 0 Å². The first kappa shape index (κ1) is 17.5. The number of amides is 1. The second-order valence-electron chi connectivity index (χ2n) is 5.21. The Morgan fingerprint density at radius 1 is 1.08 bits per heavy atom. The van der Waals surface area contributed by atoms with E-state index in [9.17, 15) is 13.2 Å². The molecular weight excluding hydrogens is 356 g/mol. The van der Waals surface area contributed by atoms with E-state index < -0.39 is 10.0 Å². The minimum Gasteiger partial charge on any atom is -0.455 e. The van der Waals surface area contributed by atoms with Gasteiger partial charge in [-0.3, -0.25) is 9.78 Å². The molecule has 3 rings (SSSR count). The summed E-state index contributed by atoms with van der Waals surface area (Å²) < 4.78 is 28.1. The third kappa shape index (κ3) is 4.21. The molecule has 0 radical (unpaired) electrons. The van der Waals surface area contributed by atoms with E-state index in [4.69, 9.17) is 9.56 Å².